The number of rotatable bonds is 8. The molecule has 5 nitrogen and oxygen atoms in total. The number of alkyl halides is 3. The van der Waals surface area contributed by atoms with E-state index in [1.54, 1.807) is 75.4 Å². The Balaban J connectivity index is 2.17. The molecule has 0 spiro atoms. The summed E-state index contributed by atoms with van der Waals surface area (Å²) in [4.78, 5) is 12.9. The average molecular weight is 534 g/mol. The van der Waals surface area contributed by atoms with Gasteiger partial charge in [0.2, 0.25) is 10.0 Å². The van der Waals surface area contributed by atoms with Crippen molar-refractivity contribution in [1.29, 1.82) is 0 Å². The van der Waals surface area contributed by atoms with Gasteiger partial charge in [-0.25, -0.2) is 8.42 Å². The maximum atomic E-state index is 13.9. The zero-order valence-electron chi connectivity index (χ0n) is 21.1. The fraction of sp³-hybridized carbons (Fsp3) is 0.321. The molecule has 3 aromatic carbocycles. The summed E-state index contributed by atoms with van der Waals surface area (Å²) in [6.07, 6.45) is -4.76. The normalized spacial score (nSPS) is 13.4. The lowest BCUT2D eigenvalue weighted by atomic mass is 10.0. The molecule has 3 rings (SSSR count). The van der Waals surface area contributed by atoms with E-state index in [9.17, 15) is 26.4 Å². The molecule has 0 amide bonds. The molecule has 1 atom stereocenters. The Hall–Kier alpha value is -3.17. The number of carbonyl (C=O) groups is 1. The minimum Gasteiger partial charge on any atom is -0.459 e. The number of hydrogen-bond acceptors (Lipinski definition) is 4. The lowest BCUT2D eigenvalue weighted by Gasteiger charge is -2.32. The minimum atomic E-state index is -4.73. The van der Waals surface area contributed by atoms with Gasteiger partial charge in [-0.15, -0.1) is 0 Å². The van der Waals surface area contributed by atoms with Gasteiger partial charge in [-0.1, -0.05) is 66.2 Å². The second kappa shape index (κ2) is 11.1. The number of carbonyl (C=O) groups excluding carboxylic acids is 1. The Labute approximate surface area is 215 Å². The Morgan fingerprint density at radius 1 is 0.892 bits per heavy atom. The smallest absolute Gasteiger partial charge is 0.416 e. The van der Waals surface area contributed by atoms with Crippen LogP contribution in [0.15, 0.2) is 83.8 Å². The van der Waals surface area contributed by atoms with Crippen LogP contribution in [0.5, 0.6) is 0 Å². The lowest BCUT2D eigenvalue weighted by Crippen LogP contribution is -2.48. The highest BCUT2D eigenvalue weighted by molar-refractivity contribution is 7.89. The van der Waals surface area contributed by atoms with Crippen LogP contribution in [-0.4, -0.2) is 30.3 Å². The number of esters is 1. The number of ether oxygens (including phenoxy) is 1. The second-order valence-electron chi connectivity index (χ2n) is 9.80. The fourth-order valence-electron chi connectivity index (χ4n) is 3.71. The number of benzene rings is 3. The van der Waals surface area contributed by atoms with E-state index in [0.717, 1.165) is 28.1 Å². The zero-order valence-corrected chi connectivity index (χ0v) is 21.9. The molecule has 0 heterocycles. The van der Waals surface area contributed by atoms with Crippen molar-refractivity contribution in [3.05, 3.63) is 101 Å². The van der Waals surface area contributed by atoms with E-state index in [2.05, 4.69) is 0 Å². The van der Waals surface area contributed by atoms with Gasteiger partial charge < -0.3 is 4.74 Å². The Morgan fingerprint density at radius 3 is 2.08 bits per heavy atom. The number of halogens is 3. The number of aryl methyl sites for hydroxylation is 1. The molecule has 0 bridgehead atoms. The highest BCUT2D eigenvalue weighted by atomic mass is 32.2. The van der Waals surface area contributed by atoms with Crippen molar-refractivity contribution in [1.82, 2.24) is 4.31 Å². The van der Waals surface area contributed by atoms with Crippen LogP contribution in [0.1, 0.15) is 43.0 Å². The van der Waals surface area contributed by atoms with Gasteiger partial charge in [0.05, 0.1) is 10.5 Å². The lowest BCUT2D eigenvalue weighted by molar-refractivity contribution is -0.159. The molecule has 0 unspecified atom stereocenters. The highest BCUT2D eigenvalue weighted by Crippen LogP contribution is 2.32. The van der Waals surface area contributed by atoms with E-state index in [4.69, 9.17) is 4.74 Å². The highest BCUT2D eigenvalue weighted by Gasteiger charge is 2.40. The predicted molar refractivity (Wildman–Crippen MR) is 135 cm³/mol. The molecule has 3 aromatic rings. The Bertz CT molecular complexity index is 1320. The van der Waals surface area contributed by atoms with Crippen molar-refractivity contribution < 1.29 is 31.1 Å². The van der Waals surface area contributed by atoms with Gasteiger partial charge in [-0.3, -0.25) is 4.79 Å². The van der Waals surface area contributed by atoms with Crippen LogP contribution >= 0.6 is 0 Å². The van der Waals surface area contributed by atoms with Crippen LogP contribution in [-0.2, 0) is 38.7 Å². The molecular weight excluding hydrogens is 503 g/mol. The molecule has 9 heteroatoms. The summed E-state index contributed by atoms with van der Waals surface area (Å²) in [5.74, 6) is -0.793. The Kier molecular flexibility index (Phi) is 8.49. The second-order valence-corrected chi connectivity index (χ2v) is 11.7. The summed E-state index contributed by atoms with van der Waals surface area (Å²) >= 11 is 0. The Morgan fingerprint density at radius 2 is 1.51 bits per heavy atom. The predicted octanol–water partition coefficient (Wildman–Crippen LogP) is 6.16. The third-order valence-electron chi connectivity index (χ3n) is 5.53. The third kappa shape index (κ3) is 7.66. The largest absolute Gasteiger partial charge is 0.459 e. The van der Waals surface area contributed by atoms with E-state index < -0.39 is 44.3 Å². The standard InChI is InChI=1S/C28H30F3NO4S/c1-20-13-15-22(16-14-20)19-32(37(34,35)24-12-8-11-23(18-24)28(29,30)31)25(26(33)36-27(2,3)4)17-21-9-6-5-7-10-21/h5-16,18,25H,17,19H2,1-4H3/t25-/m0/s1. The number of nitrogens with zero attached hydrogens (tertiary/aromatic N) is 1. The zero-order chi connectivity index (χ0) is 27.4. The maximum absolute atomic E-state index is 13.9. The summed E-state index contributed by atoms with van der Waals surface area (Å²) in [5, 5.41) is 0. The molecule has 37 heavy (non-hydrogen) atoms. The van der Waals surface area contributed by atoms with E-state index in [1.807, 2.05) is 6.92 Å². The van der Waals surface area contributed by atoms with Crippen molar-refractivity contribution >= 4 is 16.0 Å². The van der Waals surface area contributed by atoms with Crippen molar-refractivity contribution in [3.63, 3.8) is 0 Å². The number of sulfonamides is 1. The van der Waals surface area contributed by atoms with Gasteiger partial charge in [0.1, 0.15) is 11.6 Å². The quantitative estimate of drug-likeness (QED) is 0.326. The van der Waals surface area contributed by atoms with Gasteiger partial charge in [0.25, 0.3) is 0 Å². The van der Waals surface area contributed by atoms with Crippen LogP contribution in [0.25, 0.3) is 0 Å². The van der Waals surface area contributed by atoms with Gasteiger partial charge >= 0.3 is 12.1 Å². The summed E-state index contributed by atoms with van der Waals surface area (Å²) in [5.41, 5.74) is 0.181. The van der Waals surface area contributed by atoms with Crippen LogP contribution in [0.2, 0.25) is 0 Å². The first-order valence-electron chi connectivity index (χ1n) is 11.7. The number of hydrogen-bond donors (Lipinski definition) is 0. The SMILES string of the molecule is Cc1ccc(CN([C@@H](Cc2ccccc2)C(=O)OC(C)(C)C)S(=O)(=O)c2cccc(C(F)(F)F)c2)cc1. The molecule has 0 aliphatic carbocycles. The van der Waals surface area contributed by atoms with Gasteiger partial charge in [-0.2, -0.15) is 17.5 Å². The molecule has 0 N–H and O–H groups in total. The fourth-order valence-corrected chi connectivity index (χ4v) is 5.33. The molecule has 0 saturated carbocycles. The average Bonchev–Trinajstić information content (AvgIpc) is 2.81. The molecule has 0 aromatic heterocycles. The minimum absolute atomic E-state index is 0.0280. The molecular formula is C28H30F3NO4S. The van der Waals surface area contributed by atoms with Gasteiger partial charge in [-0.05, 0) is 63.4 Å². The van der Waals surface area contributed by atoms with Crippen LogP contribution < -0.4 is 0 Å². The molecule has 0 aliphatic rings. The van der Waals surface area contributed by atoms with Gasteiger partial charge in [0.15, 0.2) is 0 Å². The van der Waals surface area contributed by atoms with Crippen LogP contribution in [0.4, 0.5) is 13.2 Å². The van der Waals surface area contributed by atoms with Crippen LogP contribution in [0.3, 0.4) is 0 Å². The summed E-state index contributed by atoms with van der Waals surface area (Å²) in [6.45, 7) is 6.62. The summed E-state index contributed by atoms with van der Waals surface area (Å²) in [7, 11) is -4.58. The molecule has 0 saturated heterocycles. The summed E-state index contributed by atoms with van der Waals surface area (Å²) in [6, 6.07) is 18.0. The summed E-state index contributed by atoms with van der Waals surface area (Å²) < 4.78 is 74.7. The third-order valence-corrected chi connectivity index (χ3v) is 7.38. The first-order valence-corrected chi connectivity index (χ1v) is 13.1. The van der Waals surface area contributed by atoms with Crippen molar-refractivity contribution in [3.8, 4) is 0 Å². The van der Waals surface area contributed by atoms with E-state index in [-0.39, 0.29) is 13.0 Å². The van der Waals surface area contributed by atoms with Crippen molar-refractivity contribution in [2.45, 2.75) is 63.4 Å². The van der Waals surface area contributed by atoms with E-state index in [0.29, 0.717) is 17.2 Å². The molecule has 198 valence electrons. The first kappa shape index (κ1) is 28.4. The van der Waals surface area contributed by atoms with Crippen molar-refractivity contribution in [2.75, 3.05) is 0 Å². The topological polar surface area (TPSA) is 63.7 Å². The van der Waals surface area contributed by atoms with Crippen molar-refractivity contribution in [2.24, 2.45) is 0 Å². The molecule has 0 aliphatic heterocycles. The van der Waals surface area contributed by atoms with E-state index in [1.165, 1.54) is 0 Å². The van der Waals surface area contributed by atoms with Crippen LogP contribution in [0, 0.1) is 6.92 Å². The first-order chi connectivity index (χ1) is 17.2. The monoisotopic (exact) mass is 533 g/mol. The van der Waals surface area contributed by atoms with E-state index >= 15 is 0 Å². The van der Waals surface area contributed by atoms with Gasteiger partial charge in [0, 0.05) is 6.54 Å². The molecule has 0 radical (unpaired) electrons. The molecule has 0 fully saturated rings. The maximum Gasteiger partial charge on any atom is 0.416 e.